The number of rotatable bonds is 4. The van der Waals surface area contributed by atoms with E-state index in [-0.39, 0.29) is 28.8 Å². The third kappa shape index (κ3) is 9.09. The van der Waals surface area contributed by atoms with Gasteiger partial charge in [0.15, 0.2) is 0 Å². The first kappa shape index (κ1) is 14.7. The number of hydrazine groups is 1. The molecule has 0 atom stereocenters. The molecule has 6 N–H and O–H groups in total. The van der Waals surface area contributed by atoms with Gasteiger partial charge >= 0.3 is 0 Å². The van der Waals surface area contributed by atoms with Gasteiger partial charge in [0, 0.05) is 20.0 Å². The van der Waals surface area contributed by atoms with Crippen LogP contribution in [-0.4, -0.2) is 30.0 Å². The second-order valence-electron chi connectivity index (χ2n) is 2.42. The highest BCUT2D eigenvalue weighted by molar-refractivity contribution is 8.93. The van der Waals surface area contributed by atoms with Gasteiger partial charge in [-0.3, -0.25) is 15.2 Å². The summed E-state index contributed by atoms with van der Waals surface area (Å²) in [6, 6.07) is 0. The molecular weight excluding hydrogens is 238 g/mol. The van der Waals surface area contributed by atoms with Crippen molar-refractivity contribution in [1.82, 2.24) is 10.3 Å². The average molecular weight is 254 g/mol. The summed E-state index contributed by atoms with van der Waals surface area (Å²) >= 11 is 0. The predicted octanol–water partition coefficient (Wildman–Crippen LogP) is -0.840. The fraction of sp³-hybridized carbons (Fsp3) is 0.667. The SMILES string of the molecule is Br.CC(=O)NCCCN(N)C(=N)N. The molecule has 0 saturated carbocycles. The molecule has 0 fully saturated rings. The lowest BCUT2D eigenvalue weighted by molar-refractivity contribution is -0.118. The third-order valence-corrected chi connectivity index (χ3v) is 1.26. The van der Waals surface area contributed by atoms with Crippen LogP contribution in [0.15, 0.2) is 0 Å². The molecule has 0 saturated heterocycles. The first-order valence-corrected chi connectivity index (χ1v) is 3.64. The molecule has 0 aliphatic carbocycles. The fourth-order valence-electron chi connectivity index (χ4n) is 0.634. The molecule has 0 unspecified atom stereocenters. The number of hydrogen-bond acceptors (Lipinski definition) is 3. The minimum absolute atomic E-state index is 0. The number of halogens is 1. The maximum absolute atomic E-state index is 10.4. The Morgan fingerprint density at radius 2 is 2.15 bits per heavy atom. The van der Waals surface area contributed by atoms with Crippen LogP contribution in [0.2, 0.25) is 0 Å². The Bertz CT molecular complexity index is 174. The lowest BCUT2D eigenvalue weighted by atomic mass is 10.4. The van der Waals surface area contributed by atoms with E-state index < -0.39 is 0 Å². The summed E-state index contributed by atoms with van der Waals surface area (Å²) in [6.45, 7) is 2.47. The van der Waals surface area contributed by atoms with Crippen LogP contribution in [-0.2, 0) is 4.79 Å². The van der Waals surface area contributed by atoms with Crippen molar-refractivity contribution in [3.05, 3.63) is 0 Å². The fourth-order valence-corrected chi connectivity index (χ4v) is 0.634. The van der Waals surface area contributed by atoms with Gasteiger partial charge in [0.25, 0.3) is 0 Å². The van der Waals surface area contributed by atoms with Gasteiger partial charge in [-0.15, -0.1) is 17.0 Å². The maximum Gasteiger partial charge on any atom is 0.216 e. The highest BCUT2D eigenvalue weighted by Gasteiger charge is 1.98. The number of carbonyl (C=O) groups is 1. The molecule has 0 aromatic heterocycles. The normalized spacial score (nSPS) is 8.46. The molecule has 0 aliphatic heterocycles. The number of nitrogens with two attached hydrogens (primary N) is 2. The lowest BCUT2D eigenvalue weighted by Crippen LogP contribution is -2.43. The number of amides is 1. The van der Waals surface area contributed by atoms with E-state index in [9.17, 15) is 4.79 Å². The molecule has 7 heteroatoms. The van der Waals surface area contributed by atoms with Crippen molar-refractivity contribution in [2.45, 2.75) is 13.3 Å². The van der Waals surface area contributed by atoms with Gasteiger partial charge in [0.1, 0.15) is 0 Å². The number of nitrogens with one attached hydrogen (secondary N) is 2. The summed E-state index contributed by atoms with van der Waals surface area (Å²) in [4.78, 5) is 10.4. The largest absolute Gasteiger partial charge is 0.369 e. The van der Waals surface area contributed by atoms with Crippen molar-refractivity contribution >= 4 is 28.8 Å². The second kappa shape index (κ2) is 7.81. The zero-order valence-electron chi connectivity index (χ0n) is 7.54. The van der Waals surface area contributed by atoms with E-state index in [1.165, 1.54) is 6.92 Å². The van der Waals surface area contributed by atoms with E-state index in [0.29, 0.717) is 19.5 Å². The Hall–Kier alpha value is -0.820. The molecule has 1 amide bonds. The van der Waals surface area contributed by atoms with Gasteiger partial charge in [0.05, 0.1) is 0 Å². The van der Waals surface area contributed by atoms with Crippen LogP contribution >= 0.6 is 17.0 Å². The zero-order chi connectivity index (χ0) is 9.56. The Labute approximate surface area is 87.9 Å². The van der Waals surface area contributed by atoms with Crippen LogP contribution in [0.4, 0.5) is 0 Å². The monoisotopic (exact) mass is 253 g/mol. The van der Waals surface area contributed by atoms with Gasteiger partial charge in [-0.1, -0.05) is 0 Å². The summed E-state index contributed by atoms with van der Waals surface area (Å²) < 4.78 is 0. The van der Waals surface area contributed by atoms with E-state index in [1.54, 1.807) is 0 Å². The van der Waals surface area contributed by atoms with Crippen molar-refractivity contribution < 1.29 is 4.79 Å². The van der Waals surface area contributed by atoms with Crippen LogP contribution in [0.3, 0.4) is 0 Å². The van der Waals surface area contributed by atoms with Crippen LogP contribution in [0.1, 0.15) is 13.3 Å². The minimum atomic E-state index is -0.169. The van der Waals surface area contributed by atoms with E-state index >= 15 is 0 Å². The van der Waals surface area contributed by atoms with Gasteiger partial charge in [-0.2, -0.15) is 0 Å². The van der Waals surface area contributed by atoms with E-state index in [2.05, 4.69) is 5.32 Å². The highest BCUT2D eigenvalue weighted by Crippen LogP contribution is 1.80. The molecule has 0 aromatic rings. The van der Waals surface area contributed by atoms with Crippen LogP contribution in [0, 0.1) is 5.41 Å². The third-order valence-electron chi connectivity index (χ3n) is 1.26. The maximum atomic E-state index is 10.4. The molecule has 0 aliphatic rings. The second-order valence-corrected chi connectivity index (χ2v) is 2.42. The minimum Gasteiger partial charge on any atom is -0.369 e. The number of nitrogens with zero attached hydrogens (tertiary/aromatic N) is 1. The van der Waals surface area contributed by atoms with E-state index in [4.69, 9.17) is 17.0 Å². The molecular formula is C6H16BrN5O. The summed E-state index contributed by atoms with van der Waals surface area (Å²) in [6.07, 6.45) is 0.676. The van der Waals surface area contributed by atoms with Gasteiger partial charge in [-0.05, 0) is 6.42 Å². The Morgan fingerprint density at radius 1 is 1.62 bits per heavy atom. The van der Waals surface area contributed by atoms with Crippen molar-refractivity contribution in [2.24, 2.45) is 11.6 Å². The number of hydrogen-bond donors (Lipinski definition) is 4. The smallest absolute Gasteiger partial charge is 0.216 e. The molecule has 78 valence electrons. The van der Waals surface area contributed by atoms with Crippen LogP contribution in [0.5, 0.6) is 0 Å². The van der Waals surface area contributed by atoms with E-state index in [0.717, 1.165) is 5.01 Å². The molecule has 6 nitrogen and oxygen atoms in total. The molecule has 0 aromatic carbocycles. The number of guanidine groups is 1. The standard InChI is InChI=1S/C6H15N5O.BrH/c1-5(12)10-3-2-4-11(9)6(7)8;/h2-4,9H2,1H3,(H3,7,8)(H,10,12);1H. The van der Waals surface area contributed by atoms with Crippen LogP contribution < -0.4 is 16.9 Å². The first-order valence-electron chi connectivity index (χ1n) is 3.64. The summed E-state index contributed by atoms with van der Waals surface area (Å²) in [7, 11) is 0. The van der Waals surface area contributed by atoms with Gasteiger partial charge in [-0.25, -0.2) is 5.84 Å². The summed E-state index contributed by atoms with van der Waals surface area (Å²) in [5, 5.41) is 10.6. The molecule has 0 bridgehead atoms. The van der Waals surface area contributed by atoms with Gasteiger partial charge in [0.2, 0.25) is 11.9 Å². The first-order chi connectivity index (χ1) is 5.54. The summed E-state index contributed by atoms with van der Waals surface area (Å²) in [5.41, 5.74) is 5.07. The van der Waals surface area contributed by atoms with Crippen molar-refractivity contribution in [2.75, 3.05) is 13.1 Å². The zero-order valence-corrected chi connectivity index (χ0v) is 9.25. The Kier molecular flexibility index (Phi) is 8.83. The molecule has 13 heavy (non-hydrogen) atoms. The Morgan fingerprint density at radius 3 is 2.54 bits per heavy atom. The molecule has 0 rings (SSSR count). The molecule has 0 heterocycles. The highest BCUT2D eigenvalue weighted by atomic mass is 79.9. The molecule has 0 radical (unpaired) electrons. The summed E-state index contributed by atoms with van der Waals surface area (Å²) in [5.74, 6) is 5.07. The van der Waals surface area contributed by atoms with Crippen LogP contribution in [0.25, 0.3) is 0 Å². The average Bonchev–Trinajstić information content (AvgIpc) is 1.97. The van der Waals surface area contributed by atoms with Crippen molar-refractivity contribution in [3.8, 4) is 0 Å². The lowest BCUT2D eigenvalue weighted by Gasteiger charge is -2.15. The van der Waals surface area contributed by atoms with Gasteiger partial charge < -0.3 is 11.1 Å². The molecule has 0 spiro atoms. The predicted molar refractivity (Wildman–Crippen MR) is 56.4 cm³/mol. The van der Waals surface area contributed by atoms with E-state index in [1.807, 2.05) is 0 Å². The quantitative estimate of drug-likeness (QED) is 0.172. The Balaban J connectivity index is 0. The van der Waals surface area contributed by atoms with Crippen molar-refractivity contribution in [3.63, 3.8) is 0 Å². The van der Waals surface area contributed by atoms with Crippen molar-refractivity contribution in [1.29, 1.82) is 5.41 Å². The number of carbonyl (C=O) groups excluding carboxylic acids is 1. The topological polar surface area (TPSA) is 108 Å².